The minimum atomic E-state index is -2.24. The van der Waals surface area contributed by atoms with Gasteiger partial charge < -0.3 is 10.2 Å². The summed E-state index contributed by atoms with van der Waals surface area (Å²) in [6, 6.07) is 0. The average Bonchev–Trinajstić information content (AvgIpc) is 2.57. The molecule has 0 aliphatic carbocycles. The van der Waals surface area contributed by atoms with Gasteiger partial charge in [0.1, 0.15) is 0 Å². The molecule has 146 valence electrons. The summed E-state index contributed by atoms with van der Waals surface area (Å²) in [4.78, 5) is 22.3. The maximum Gasteiger partial charge on any atom is 0.343 e. The van der Waals surface area contributed by atoms with Crippen LogP contribution in [0.1, 0.15) is 104 Å². The average molecular weight is 355 g/mol. The highest BCUT2D eigenvalue weighted by Gasteiger charge is 2.37. The zero-order valence-electron chi connectivity index (χ0n) is 16.3. The fraction of sp³-hybridized carbons (Fsp3) is 0.810. The molecule has 0 amide bonds. The summed E-state index contributed by atoms with van der Waals surface area (Å²) in [5, 5.41) is 18.3. The van der Waals surface area contributed by atoms with Crippen LogP contribution in [0.4, 0.5) is 0 Å². The maximum absolute atomic E-state index is 11.6. The molecule has 0 heterocycles. The number of carboxylic acid groups (broad SMARTS) is 1. The number of carbonyl (C=O) groups is 2. The highest BCUT2D eigenvalue weighted by atomic mass is 16.4. The van der Waals surface area contributed by atoms with Gasteiger partial charge in [-0.1, -0.05) is 70.4 Å². The van der Waals surface area contributed by atoms with E-state index >= 15 is 0 Å². The number of carbonyl (C=O) groups excluding carboxylic acids is 1. The van der Waals surface area contributed by atoms with Crippen LogP contribution in [0.5, 0.6) is 0 Å². The van der Waals surface area contributed by atoms with Gasteiger partial charge in [0.05, 0.1) is 0 Å². The first-order valence-corrected chi connectivity index (χ1v) is 10.1. The van der Waals surface area contributed by atoms with E-state index in [1.807, 2.05) is 0 Å². The van der Waals surface area contributed by atoms with Crippen molar-refractivity contribution in [3.8, 4) is 0 Å². The Morgan fingerprint density at radius 3 is 1.72 bits per heavy atom. The fourth-order valence-corrected chi connectivity index (χ4v) is 2.72. The second-order valence-electron chi connectivity index (χ2n) is 7.13. The molecule has 0 aromatic carbocycles. The van der Waals surface area contributed by atoms with Crippen LogP contribution in [-0.4, -0.2) is 27.6 Å². The molecular weight excluding hydrogens is 316 g/mol. The summed E-state index contributed by atoms with van der Waals surface area (Å²) < 4.78 is 0. The Morgan fingerprint density at radius 2 is 1.24 bits per heavy atom. The number of hydrogen-bond donors (Lipinski definition) is 2. The van der Waals surface area contributed by atoms with E-state index in [1.54, 1.807) is 0 Å². The predicted molar refractivity (Wildman–Crippen MR) is 103 cm³/mol. The minimum absolute atomic E-state index is 0.136. The molecule has 0 rings (SSSR count). The highest BCUT2D eigenvalue weighted by Crippen LogP contribution is 2.13. The van der Waals surface area contributed by atoms with Gasteiger partial charge in [-0.25, -0.2) is 4.79 Å². The molecule has 0 aromatic rings. The molecule has 0 aliphatic heterocycles. The van der Waals surface area contributed by atoms with Crippen molar-refractivity contribution in [2.24, 2.45) is 0 Å². The van der Waals surface area contributed by atoms with Gasteiger partial charge in [-0.3, -0.25) is 4.79 Å². The summed E-state index contributed by atoms with van der Waals surface area (Å²) in [6.45, 7) is 3.29. The monoisotopic (exact) mass is 354 g/mol. The quantitative estimate of drug-likeness (QED) is 0.207. The molecule has 0 bridgehead atoms. The second kappa shape index (κ2) is 15.1. The standard InChI is InChI=1S/C21H38O4/c1-3-4-5-6-7-8-9-10-11-12-13-14-15-16-17-18-19(22)21(2,25)20(23)24/h10-11,25H,3-9,12-18H2,1-2H3,(H,23,24). The third-order valence-corrected chi connectivity index (χ3v) is 4.63. The molecule has 4 nitrogen and oxygen atoms in total. The molecular formula is C21H38O4. The highest BCUT2D eigenvalue weighted by molar-refractivity contribution is 6.05. The van der Waals surface area contributed by atoms with Crippen LogP contribution >= 0.6 is 0 Å². The number of carboxylic acids is 1. The number of ketones is 1. The molecule has 0 saturated heterocycles. The maximum atomic E-state index is 11.6. The molecule has 2 N–H and O–H groups in total. The number of Topliss-reactive ketones (excluding diaryl/α,β-unsaturated/α-hetero) is 1. The summed E-state index contributed by atoms with van der Waals surface area (Å²) >= 11 is 0. The van der Waals surface area contributed by atoms with Gasteiger partial charge in [-0.05, 0) is 39.0 Å². The molecule has 0 fully saturated rings. The Bertz CT molecular complexity index is 385. The van der Waals surface area contributed by atoms with E-state index in [1.165, 1.54) is 44.9 Å². The van der Waals surface area contributed by atoms with Crippen molar-refractivity contribution in [3.63, 3.8) is 0 Å². The lowest BCUT2D eigenvalue weighted by atomic mass is 9.96. The molecule has 0 aliphatic rings. The third kappa shape index (κ3) is 12.8. The predicted octanol–water partition coefficient (Wildman–Crippen LogP) is 5.43. The smallest absolute Gasteiger partial charge is 0.343 e. The largest absolute Gasteiger partial charge is 0.479 e. The van der Waals surface area contributed by atoms with Crippen LogP contribution in [-0.2, 0) is 9.59 Å². The van der Waals surface area contributed by atoms with Crippen LogP contribution in [0.15, 0.2) is 12.2 Å². The Morgan fingerprint density at radius 1 is 0.800 bits per heavy atom. The van der Waals surface area contributed by atoms with Crippen LogP contribution in [0.2, 0.25) is 0 Å². The number of rotatable bonds is 17. The third-order valence-electron chi connectivity index (χ3n) is 4.63. The topological polar surface area (TPSA) is 74.6 Å². The van der Waals surface area contributed by atoms with Crippen molar-refractivity contribution in [2.75, 3.05) is 0 Å². The van der Waals surface area contributed by atoms with E-state index in [4.69, 9.17) is 5.11 Å². The zero-order valence-corrected chi connectivity index (χ0v) is 16.3. The zero-order chi connectivity index (χ0) is 19.0. The Labute approximate surface area is 153 Å². The van der Waals surface area contributed by atoms with Gasteiger partial charge in [-0.2, -0.15) is 0 Å². The number of hydrogen-bond acceptors (Lipinski definition) is 3. The van der Waals surface area contributed by atoms with E-state index in [0.29, 0.717) is 6.42 Å². The van der Waals surface area contributed by atoms with Crippen LogP contribution < -0.4 is 0 Å². The molecule has 25 heavy (non-hydrogen) atoms. The fourth-order valence-electron chi connectivity index (χ4n) is 2.72. The van der Waals surface area contributed by atoms with E-state index in [2.05, 4.69) is 19.1 Å². The van der Waals surface area contributed by atoms with Gasteiger partial charge in [0.2, 0.25) is 5.60 Å². The lowest BCUT2D eigenvalue weighted by molar-refractivity contribution is -0.163. The van der Waals surface area contributed by atoms with E-state index < -0.39 is 17.4 Å². The molecule has 0 radical (unpaired) electrons. The first-order valence-electron chi connectivity index (χ1n) is 10.1. The van der Waals surface area contributed by atoms with Crippen molar-refractivity contribution < 1.29 is 19.8 Å². The Kier molecular flexibility index (Phi) is 14.4. The SMILES string of the molecule is CCCCCCCCC=CCCCCCCCC(=O)C(C)(O)C(=O)O. The van der Waals surface area contributed by atoms with Crippen molar-refractivity contribution in [1.29, 1.82) is 0 Å². The Balaban J connectivity index is 3.40. The number of allylic oxidation sites excluding steroid dienone is 2. The van der Waals surface area contributed by atoms with Crippen LogP contribution in [0, 0.1) is 0 Å². The summed E-state index contributed by atoms with van der Waals surface area (Å²) in [7, 11) is 0. The molecule has 1 atom stereocenters. The van der Waals surface area contributed by atoms with Gasteiger partial charge >= 0.3 is 5.97 Å². The van der Waals surface area contributed by atoms with Crippen molar-refractivity contribution in [1.82, 2.24) is 0 Å². The number of aliphatic carboxylic acids is 1. The van der Waals surface area contributed by atoms with Crippen LogP contribution in [0.3, 0.4) is 0 Å². The molecule has 0 saturated carbocycles. The van der Waals surface area contributed by atoms with Crippen LogP contribution in [0.25, 0.3) is 0 Å². The molecule has 0 spiro atoms. The number of unbranched alkanes of at least 4 members (excludes halogenated alkanes) is 11. The summed E-state index contributed by atoms with van der Waals surface area (Å²) in [5.41, 5.74) is -2.24. The van der Waals surface area contributed by atoms with Gasteiger partial charge in [-0.15, -0.1) is 0 Å². The minimum Gasteiger partial charge on any atom is -0.479 e. The summed E-state index contributed by atoms with van der Waals surface area (Å²) in [5.74, 6) is -2.07. The normalized spacial score (nSPS) is 13.9. The van der Waals surface area contributed by atoms with Gasteiger partial charge in [0, 0.05) is 6.42 Å². The van der Waals surface area contributed by atoms with Crippen molar-refractivity contribution >= 4 is 11.8 Å². The first kappa shape index (κ1) is 23.8. The Hall–Kier alpha value is -1.16. The second-order valence-corrected chi connectivity index (χ2v) is 7.13. The first-order chi connectivity index (χ1) is 11.9. The molecule has 1 unspecified atom stereocenters. The van der Waals surface area contributed by atoms with Gasteiger partial charge in [0.25, 0.3) is 0 Å². The number of aliphatic hydroxyl groups is 1. The van der Waals surface area contributed by atoms with E-state index in [9.17, 15) is 14.7 Å². The lowest BCUT2D eigenvalue weighted by Crippen LogP contribution is -2.43. The lowest BCUT2D eigenvalue weighted by Gasteiger charge is -2.15. The van der Waals surface area contributed by atoms with E-state index in [-0.39, 0.29) is 6.42 Å². The summed E-state index contributed by atoms with van der Waals surface area (Å²) in [6.07, 6.45) is 20.0. The van der Waals surface area contributed by atoms with Crippen molar-refractivity contribution in [3.05, 3.63) is 12.2 Å². The molecule has 0 aromatic heterocycles. The molecule has 4 heteroatoms. The van der Waals surface area contributed by atoms with Crippen molar-refractivity contribution in [2.45, 2.75) is 109 Å². The van der Waals surface area contributed by atoms with Gasteiger partial charge in [0.15, 0.2) is 5.78 Å². The van der Waals surface area contributed by atoms with E-state index in [0.717, 1.165) is 39.0 Å².